The van der Waals surface area contributed by atoms with Gasteiger partial charge in [0, 0.05) is 0 Å². The van der Waals surface area contributed by atoms with Crippen LogP contribution in [0, 0.1) is 13.8 Å². The van der Waals surface area contributed by atoms with Crippen LogP contribution in [0.2, 0.25) is 0 Å². The zero-order valence-corrected chi connectivity index (χ0v) is 9.84. The highest BCUT2D eigenvalue weighted by molar-refractivity contribution is 5.35. The number of nitrogens with zero attached hydrogens (tertiary/aromatic N) is 2. The highest BCUT2D eigenvalue weighted by Crippen LogP contribution is 2.21. The summed E-state index contributed by atoms with van der Waals surface area (Å²) in [4.78, 5) is 8.05. The minimum absolute atomic E-state index is 0.114. The maximum Gasteiger partial charge on any atom is 0.237 e. The van der Waals surface area contributed by atoms with Crippen molar-refractivity contribution in [3.63, 3.8) is 0 Å². The zero-order valence-electron chi connectivity index (χ0n) is 9.84. The van der Waals surface area contributed by atoms with Crippen LogP contribution in [0.5, 0.6) is 11.6 Å². The summed E-state index contributed by atoms with van der Waals surface area (Å²) in [7, 11) is 0. The Morgan fingerprint density at radius 3 is 2.53 bits per heavy atom. The summed E-state index contributed by atoms with van der Waals surface area (Å²) in [6.45, 7) is 3.97. The quantitative estimate of drug-likeness (QED) is 0.879. The normalized spacial score (nSPS) is 10.3. The molecule has 0 saturated heterocycles. The van der Waals surface area contributed by atoms with Crippen molar-refractivity contribution >= 4 is 0 Å². The Bertz CT molecular complexity index is 509. The van der Waals surface area contributed by atoms with Gasteiger partial charge >= 0.3 is 0 Å². The minimum Gasteiger partial charge on any atom is -0.437 e. The van der Waals surface area contributed by atoms with E-state index in [2.05, 4.69) is 16.9 Å². The molecule has 0 aliphatic carbocycles. The standard InChI is InChI=1S/C13H14N2O2/c1-9-3-4-12(5-10(9)2)17-13-7-14-11(8-16)6-15-13/h3-7,16H,8H2,1-2H3. The molecular weight excluding hydrogens is 216 g/mol. The Hall–Kier alpha value is -1.94. The molecule has 4 nitrogen and oxygen atoms in total. The Morgan fingerprint density at radius 2 is 1.94 bits per heavy atom. The smallest absolute Gasteiger partial charge is 0.237 e. The van der Waals surface area contributed by atoms with Gasteiger partial charge in [-0.1, -0.05) is 6.07 Å². The van der Waals surface area contributed by atoms with Gasteiger partial charge in [0.25, 0.3) is 0 Å². The number of benzene rings is 1. The molecule has 0 unspecified atom stereocenters. The van der Waals surface area contributed by atoms with E-state index in [9.17, 15) is 0 Å². The summed E-state index contributed by atoms with van der Waals surface area (Å²) < 4.78 is 5.56. The average molecular weight is 230 g/mol. The fourth-order valence-corrected chi connectivity index (χ4v) is 1.38. The second-order valence-corrected chi connectivity index (χ2v) is 3.85. The van der Waals surface area contributed by atoms with Gasteiger partial charge in [0.2, 0.25) is 5.88 Å². The van der Waals surface area contributed by atoms with Crippen molar-refractivity contribution in [3.8, 4) is 11.6 Å². The van der Waals surface area contributed by atoms with Crippen LogP contribution in [0.3, 0.4) is 0 Å². The lowest BCUT2D eigenvalue weighted by atomic mass is 10.1. The van der Waals surface area contributed by atoms with Gasteiger partial charge in [-0.2, -0.15) is 0 Å². The number of rotatable bonds is 3. The van der Waals surface area contributed by atoms with Crippen LogP contribution >= 0.6 is 0 Å². The highest BCUT2D eigenvalue weighted by atomic mass is 16.5. The summed E-state index contributed by atoms with van der Waals surface area (Å²) in [6.07, 6.45) is 3.00. The fourth-order valence-electron chi connectivity index (χ4n) is 1.38. The van der Waals surface area contributed by atoms with E-state index >= 15 is 0 Å². The zero-order chi connectivity index (χ0) is 12.3. The number of hydrogen-bond acceptors (Lipinski definition) is 4. The predicted octanol–water partition coefficient (Wildman–Crippen LogP) is 2.38. The number of aryl methyl sites for hydroxylation is 2. The molecule has 1 N–H and O–H groups in total. The summed E-state index contributed by atoms with van der Waals surface area (Å²) in [5, 5.41) is 8.84. The molecule has 0 atom stereocenters. The van der Waals surface area contributed by atoms with Gasteiger partial charge in [-0.15, -0.1) is 0 Å². The van der Waals surface area contributed by atoms with E-state index in [1.165, 1.54) is 23.5 Å². The number of aliphatic hydroxyl groups excluding tert-OH is 1. The number of aliphatic hydroxyl groups is 1. The lowest BCUT2D eigenvalue weighted by Crippen LogP contribution is -1.94. The van der Waals surface area contributed by atoms with Gasteiger partial charge in [-0.25, -0.2) is 4.98 Å². The summed E-state index contributed by atoms with van der Waals surface area (Å²) in [5.74, 6) is 1.16. The third-order valence-corrected chi connectivity index (χ3v) is 2.54. The molecule has 4 heteroatoms. The first kappa shape index (κ1) is 11.5. The van der Waals surface area contributed by atoms with Crippen LogP contribution in [0.1, 0.15) is 16.8 Å². The van der Waals surface area contributed by atoms with E-state index in [-0.39, 0.29) is 6.61 Å². The molecule has 2 rings (SSSR count). The van der Waals surface area contributed by atoms with Crippen LogP contribution in [-0.4, -0.2) is 15.1 Å². The summed E-state index contributed by atoms with van der Waals surface area (Å²) >= 11 is 0. The molecular formula is C13H14N2O2. The van der Waals surface area contributed by atoms with Crippen LogP contribution in [0.25, 0.3) is 0 Å². The molecule has 0 aliphatic rings. The Morgan fingerprint density at radius 1 is 1.12 bits per heavy atom. The lowest BCUT2D eigenvalue weighted by molar-refractivity contribution is 0.276. The van der Waals surface area contributed by atoms with Gasteiger partial charge in [0.05, 0.1) is 24.7 Å². The van der Waals surface area contributed by atoms with Crippen molar-refractivity contribution in [2.24, 2.45) is 0 Å². The van der Waals surface area contributed by atoms with Gasteiger partial charge in [0.1, 0.15) is 5.75 Å². The van der Waals surface area contributed by atoms with Gasteiger partial charge in [-0.3, -0.25) is 4.98 Å². The summed E-state index contributed by atoms with van der Waals surface area (Å²) in [5.41, 5.74) is 2.92. The first-order valence-corrected chi connectivity index (χ1v) is 5.36. The van der Waals surface area contributed by atoms with Crippen molar-refractivity contribution in [2.45, 2.75) is 20.5 Å². The fraction of sp³-hybridized carbons (Fsp3) is 0.231. The second kappa shape index (κ2) is 4.93. The Kier molecular flexibility index (Phi) is 3.35. The molecule has 0 amide bonds. The van der Waals surface area contributed by atoms with Gasteiger partial charge in [-0.05, 0) is 37.1 Å². The van der Waals surface area contributed by atoms with Crippen molar-refractivity contribution in [2.75, 3.05) is 0 Å². The number of aromatic nitrogens is 2. The molecule has 1 aromatic carbocycles. The topological polar surface area (TPSA) is 55.2 Å². The van der Waals surface area contributed by atoms with Crippen molar-refractivity contribution in [1.29, 1.82) is 0 Å². The van der Waals surface area contributed by atoms with E-state index in [0.29, 0.717) is 11.6 Å². The number of ether oxygens (including phenoxy) is 1. The van der Waals surface area contributed by atoms with Gasteiger partial charge < -0.3 is 9.84 Å². The number of hydrogen-bond donors (Lipinski definition) is 1. The third-order valence-electron chi connectivity index (χ3n) is 2.54. The van der Waals surface area contributed by atoms with Crippen molar-refractivity contribution in [3.05, 3.63) is 47.4 Å². The molecule has 0 saturated carbocycles. The molecule has 17 heavy (non-hydrogen) atoms. The SMILES string of the molecule is Cc1ccc(Oc2cnc(CO)cn2)cc1C. The van der Waals surface area contributed by atoms with E-state index in [1.54, 1.807) is 0 Å². The largest absolute Gasteiger partial charge is 0.437 e. The Balaban J connectivity index is 2.16. The minimum atomic E-state index is -0.114. The molecule has 0 radical (unpaired) electrons. The van der Waals surface area contributed by atoms with E-state index in [4.69, 9.17) is 9.84 Å². The summed E-state index contributed by atoms with van der Waals surface area (Å²) in [6, 6.07) is 5.85. The van der Waals surface area contributed by atoms with Crippen LogP contribution in [0.4, 0.5) is 0 Å². The maximum atomic E-state index is 8.84. The first-order valence-electron chi connectivity index (χ1n) is 5.36. The molecule has 1 aromatic heterocycles. The first-order chi connectivity index (χ1) is 8.19. The Labute approximate surface area is 99.9 Å². The predicted molar refractivity (Wildman–Crippen MR) is 63.9 cm³/mol. The molecule has 0 aliphatic heterocycles. The maximum absolute atomic E-state index is 8.84. The molecule has 88 valence electrons. The average Bonchev–Trinajstić information content (AvgIpc) is 2.35. The van der Waals surface area contributed by atoms with E-state index in [0.717, 1.165) is 5.75 Å². The van der Waals surface area contributed by atoms with Crippen molar-refractivity contribution in [1.82, 2.24) is 9.97 Å². The van der Waals surface area contributed by atoms with Crippen molar-refractivity contribution < 1.29 is 9.84 Å². The molecule has 0 spiro atoms. The van der Waals surface area contributed by atoms with Crippen LogP contribution < -0.4 is 4.74 Å². The molecule has 1 heterocycles. The van der Waals surface area contributed by atoms with E-state index < -0.39 is 0 Å². The third kappa shape index (κ3) is 2.79. The molecule has 0 bridgehead atoms. The lowest BCUT2D eigenvalue weighted by Gasteiger charge is -2.06. The van der Waals surface area contributed by atoms with E-state index in [1.807, 2.05) is 25.1 Å². The van der Waals surface area contributed by atoms with Crippen LogP contribution in [0.15, 0.2) is 30.6 Å². The monoisotopic (exact) mass is 230 g/mol. The van der Waals surface area contributed by atoms with Gasteiger partial charge in [0.15, 0.2) is 0 Å². The molecule has 0 fully saturated rings. The second-order valence-electron chi connectivity index (χ2n) is 3.85. The highest BCUT2D eigenvalue weighted by Gasteiger charge is 2.01. The van der Waals surface area contributed by atoms with Crippen LogP contribution in [-0.2, 0) is 6.61 Å². The molecule has 2 aromatic rings.